The molecule has 1 aliphatic heterocycles. The maximum Gasteiger partial charge on any atom is 0.205 e. The van der Waals surface area contributed by atoms with Gasteiger partial charge in [-0.15, -0.1) is 0 Å². The Kier molecular flexibility index (Phi) is 5.09. The maximum absolute atomic E-state index is 12.6. The molecular formula is C24H22N2O3. The molecule has 1 heterocycles. The lowest BCUT2D eigenvalue weighted by molar-refractivity contribution is -0.116. The van der Waals surface area contributed by atoms with Crippen LogP contribution in [-0.4, -0.2) is 5.78 Å². The summed E-state index contributed by atoms with van der Waals surface area (Å²) in [5.41, 5.74) is 9.96. The summed E-state index contributed by atoms with van der Waals surface area (Å²) in [5, 5.41) is 9.63. The predicted octanol–water partition coefficient (Wildman–Crippen LogP) is 4.39. The molecule has 4 rings (SSSR count). The van der Waals surface area contributed by atoms with Crippen molar-refractivity contribution in [3.63, 3.8) is 0 Å². The summed E-state index contributed by atoms with van der Waals surface area (Å²) in [5.74, 6) is 0.953. The van der Waals surface area contributed by atoms with E-state index in [0.29, 0.717) is 30.8 Å². The summed E-state index contributed by atoms with van der Waals surface area (Å²) in [6, 6.07) is 17.8. The third-order valence-corrected chi connectivity index (χ3v) is 5.31. The molecule has 0 saturated carbocycles. The lowest BCUT2D eigenvalue weighted by atomic mass is 9.77. The summed E-state index contributed by atoms with van der Waals surface area (Å²) in [6.07, 6.45) is 1.87. The molecule has 0 amide bonds. The van der Waals surface area contributed by atoms with Crippen molar-refractivity contribution >= 4 is 5.78 Å². The number of hydrogen-bond acceptors (Lipinski definition) is 5. The van der Waals surface area contributed by atoms with Gasteiger partial charge in [0.15, 0.2) is 5.78 Å². The van der Waals surface area contributed by atoms with E-state index in [1.54, 1.807) is 0 Å². The third kappa shape index (κ3) is 3.74. The Hall–Kier alpha value is -3.52. The molecule has 2 aromatic rings. The van der Waals surface area contributed by atoms with Crippen LogP contribution in [0.5, 0.6) is 5.75 Å². The Morgan fingerprint density at radius 1 is 1.21 bits per heavy atom. The zero-order chi connectivity index (χ0) is 20.4. The summed E-state index contributed by atoms with van der Waals surface area (Å²) in [6.45, 7) is 2.52. The molecule has 29 heavy (non-hydrogen) atoms. The van der Waals surface area contributed by atoms with Gasteiger partial charge in [0, 0.05) is 18.4 Å². The fourth-order valence-corrected chi connectivity index (χ4v) is 3.91. The van der Waals surface area contributed by atoms with E-state index < -0.39 is 5.92 Å². The van der Waals surface area contributed by atoms with Gasteiger partial charge < -0.3 is 15.2 Å². The summed E-state index contributed by atoms with van der Waals surface area (Å²) >= 11 is 0. The van der Waals surface area contributed by atoms with Gasteiger partial charge in [0.1, 0.15) is 29.8 Å². The average molecular weight is 386 g/mol. The van der Waals surface area contributed by atoms with Gasteiger partial charge >= 0.3 is 0 Å². The van der Waals surface area contributed by atoms with E-state index in [0.717, 1.165) is 23.3 Å². The van der Waals surface area contributed by atoms with Crippen molar-refractivity contribution in [2.75, 3.05) is 0 Å². The normalized spacial score (nSPS) is 18.8. The highest BCUT2D eigenvalue weighted by Crippen LogP contribution is 2.43. The van der Waals surface area contributed by atoms with Gasteiger partial charge in [-0.05, 0) is 36.6 Å². The Morgan fingerprint density at radius 3 is 2.72 bits per heavy atom. The first-order valence-corrected chi connectivity index (χ1v) is 9.69. The molecule has 1 aliphatic carbocycles. The van der Waals surface area contributed by atoms with Gasteiger partial charge in [0.25, 0.3) is 0 Å². The van der Waals surface area contributed by atoms with Crippen LogP contribution in [0, 0.1) is 18.3 Å². The van der Waals surface area contributed by atoms with Crippen molar-refractivity contribution in [3.05, 3.63) is 88.0 Å². The first-order valence-electron chi connectivity index (χ1n) is 9.69. The molecule has 0 fully saturated rings. The number of carbonyl (C=O) groups excluding carboxylic acids is 1. The second-order valence-corrected chi connectivity index (χ2v) is 7.39. The molecule has 0 saturated heterocycles. The Balaban J connectivity index is 1.59. The van der Waals surface area contributed by atoms with Crippen molar-refractivity contribution in [3.8, 4) is 11.8 Å². The number of Topliss-reactive ketones (excluding diaryl/α,β-unsaturated/α-hetero) is 1. The van der Waals surface area contributed by atoms with Gasteiger partial charge in [-0.25, -0.2) is 0 Å². The van der Waals surface area contributed by atoms with Crippen LogP contribution in [0.1, 0.15) is 41.9 Å². The van der Waals surface area contributed by atoms with E-state index in [2.05, 4.69) is 12.1 Å². The van der Waals surface area contributed by atoms with Gasteiger partial charge in [-0.3, -0.25) is 4.79 Å². The molecule has 0 radical (unpaired) electrons. The smallest absolute Gasteiger partial charge is 0.205 e. The molecule has 0 unspecified atom stereocenters. The van der Waals surface area contributed by atoms with Crippen LogP contribution < -0.4 is 10.5 Å². The zero-order valence-corrected chi connectivity index (χ0v) is 16.3. The van der Waals surface area contributed by atoms with E-state index in [1.807, 2.05) is 49.4 Å². The van der Waals surface area contributed by atoms with Crippen LogP contribution in [0.3, 0.4) is 0 Å². The zero-order valence-electron chi connectivity index (χ0n) is 16.3. The number of benzene rings is 2. The molecule has 2 aliphatic rings. The van der Waals surface area contributed by atoms with Crippen molar-refractivity contribution in [1.82, 2.24) is 0 Å². The van der Waals surface area contributed by atoms with Crippen LogP contribution in [0.2, 0.25) is 0 Å². The molecular weight excluding hydrogens is 364 g/mol. The van der Waals surface area contributed by atoms with E-state index >= 15 is 0 Å². The van der Waals surface area contributed by atoms with E-state index in [-0.39, 0.29) is 17.2 Å². The molecule has 2 N–H and O–H groups in total. The van der Waals surface area contributed by atoms with Crippen LogP contribution in [0.4, 0.5) is 0 Å². The van der Waals surface area contributed by atoms with Crippen LogP contribution >= 0.6 is 0 Å². The first-order chi connectivity index (χ1) is 14.1. The highest BCUT2D eigenvalue weighted by Gasteiger charge is 2.37. The topological polar surface area (TPSA) is 85.3 Å². The molecule has 1 atom stereocenters. The molecule has 2 aromatic carbocycles. The van der Waals surface area contributed by atoms with Gasteiger partial charge in [-0.2, -0.15) is 5.26 Å². The number of rotatable bonds is 4. The van der Waals surface area contributed by atoms with Crippen LogP contribution in [-0.2, 0) is 16.1 Å². The summed E-state index contributed by atoms with van der Waals surface area (Å²) in [7, 11) is 0. The van der Waals surface area contributed by atoms with E-state index in [9.17, 15) is 10.1 Å². The SMILES string of the molecule is Cc1cccc(COc2ccc([C@@H]3C(C#N)=C(N)OC4=C3C(=O)CCC4)cc2)c1. The number of carbonyl (C=O) groups is 1. The Morgan fingerprint density at radius 2 is 2.00 bits per heavy atom. The number of aryl methyl sites for hydroxylation is 1. The number of nitrogens with two attached hydrogens (primary N) is 1. The fraction of sp³-hybridized carbons (Fsp3) is 0.250. The lowest BCUT2D eigenvalue weighted by Gasteiger charge is -2.31. The molecule has 0 aromatic heterocycles. The number of hydrogen-bond donors (Lipinski definition) is 1. The quantitative estimate of drug-likeness (QED) is 0.842. The number of allylic oxidation sites excluding steroid dienone is 3. The van der Waals surface area contributed by atoms with Gasteiger partial charge in [0.2, 0.25) is 5.88 Å². The monoisotopic (exact) mass is 386 g/mol. The standard InChI is InChI=1S/C24H22N2O3/c1-15-4-2-5-16(12-15)14-28-18-10-8-17(9-11-18)22-19(13-25)24(26)29-21-7-3-6-20(27)23(21)22/h2,4-5,8-12,22H,3,6-7,14,26H2,1H3/t22-/m1/s1. The Bertz CT molecular complexity index is 1060. The summed E-state index contributed by atoms with van der Waals surface area (Å²) < 4.78 is 11.5. The molecule has 146 valence electrons. The van der Waals surface area contributed by atoms with E-state index in [4.69, 9.17) is 15.2 Å². The van der Waals surface area contributed by atoms with Crippen molar-refractivity contribution in [1.29, 1.82) is 5.26 Å². The number of ether oxygens (including phenoxy) is 2. The van der Waals surface area contributed by atoms with Gasteiger partial charge in [0.05, 0.1) is 5.92 Å². The molecule has 5 heteroatoms. The highest BCUT2D eigenvalue weighted by atomic mass is 16.5. The minimum Gasteiger partial charge on any atom is -0.489 e. The predicted molar refractivity (Wildman–Crippen MR) is 108 cm³/mol. The Labute approximate surface area is 170 Å². The largest absolute Gasteiger partial charge is 0.489 e. The molecule has 5 nitrogen and oxygen atoms in total. The summed E-state index contributed by atoms with van der Waals surface area (Å²) in [4.78, 5) is 12.6. The first kappa shape index (κ1) is 18.8. The minimum absolute atomic E-state index is 0.0243. The van der Waals surface area contributed by atoms with E-state index in [1.165, 1.54) is 5.56 Å². The van der Waals surface area contributed by atoms with Crippen molar-refractivity contribution in [2.45, 2.75) is 38.7 Å². The maximum atomic E-state index is 12.6. The van der Waals surface area contributed by atoms with Crippen molar-refractivity contribution < 1.29 is 14.3 Å². The lowest BCUT2D eigenvalue weighted by Crippen LogP contribution is -2.27. The van der Waals surface area contributed by atoms with Gasteiger partial charge in [-0.1, -0.05) is 42.0 Å². The highest BCUT2D eigenvalue weighted by molar-refractivity contribution is 5.99. The van der Waals surface area contributed by atoms with Crippen molar-refractivity contribution in [2.24, 2.45) is 5.73 Å². The number of nitrogens with zero attached hydrogens (tertiary/aromatic N) is 1. The number of nitriles is 1. The van der Waals surface area contributed by atoms with Crippen LogP contribution in [0.15, 0.2) is 71.3 Å². The minimum atomic E-state index is -0.484. The third-order valence-electron chi connectivity index (χ3n) is 5.31. The number of ketones is 1. The van der Waals surface area contributed by atoms with Crippen LogP contribution in [0.25, 0.3) is 0 Å². The second-order valence-electron chi connectivity index (χ2n) is 7.39. The average Bonchev–Trinajstić information content (AvgIpc) is 2.72. The molecule has 0 bridgehead atoms. The fourth-order valence-electron chi connectivity index (χ4n) is 3.91. The second kappa shape index (κ2) is 7.84. The molecule has 0 spiro atoms.